The molecular weight excluding hydrogens is 252 g/mol. The number of ether oxygens (including phenoxy) is 1. The molecule has 0 aromatic heterocycles. The largest absolute Gasteiger partial charge is 0.494 e. The van der Waals surface area contributed by atoms with E-state index < -0.39 is 0 Å². The summed E-state index contributed by atoms with van der Waals surface area (Å²) in [6, 6.07) is 7.23. The van der Waals surface area contributed by atoms with Crippen molar-refractivity contribution in [3.05, 3.63) is 54.5 Å². The molecule has 1 aliphatic heterocycles. The maximum atomic E-state index is 7.31. The van der Waals surface area contributed by atoms with Gasteiger partial charge in [-0.3, -0.25) is 10.4 Å². The predicted octanol–water partition coefficient (Wildman–Crippen LogP) is 2.11. The van der Waals surface area contributed by atoms with Crippen molar-refractivity contribution in [2.24, 2.45) is 10.7 Å². The van der Waals surface area contributed by atoms with Gasteiger partial charge >= 0.3 is 0 Å². The zero-order valence-electron chi connectivity index (χ0n) is 11.2. The molecule has 0 saturated carbocycles. The zero-order chi connectivity index (χ0) is 14.2. The Balaban J connectivity index is 1.72. The van der Waals surface area contributed by atoms with Crippen LogP contribution in [0.3, 0.4) is 0 Å². The fraction of sp³-hybridized carbons (Fsp3) is 0.200. The summed E-state index contributed by atoms with van der Waals surface area (Å²) in [4.78, 5) is 6.09. The molecule has 5 nitrogen and oxygen atoms in total. The van der Waals surface area contributed by atoms with Gasteiger partial charge in [-0.2, -0.15) is 0 Å². The number of allylic oxidation sites excluding steroid dienone is 1. The summed E-state index contributed by atoms with van der Waals surface area (Å²) in [7, 11) is 0. The minimum Gasteiger partial charge on any atom is -0.494 e. The van der Waals surface area contributed by atoms with Gasteiger partial charge in [0.05, 0.1) is 6.61 Å². The van der Waals surface area contributed by atoms with E-state index in [0.717, 1.165) is 18.7 Å². The summed E-state index contributed by atoms with van der Waals surface area (Å²) in [5, 5.41) is 7.31. The SMILES string of the molecule is N=C(N)c1ccc(OCCCN2C=CC=NC=C2)cc1. The summed E-state index contributed by atoms with van der Waals surface area (Å²) < 4.78 is 5.65. The molecule has 0 amide bonds. The minimum absolute atomic E-state index is 0.0681. The van der Waals surface area contributed by atoms with E-state index >= 15 is 0 Å². The van der Waals surface area contributed by atoms with Crippen molar-refractivity contribution < 1.29 is 4.74 Å². The highest BCUT2D eigenvalue weighted by Gasteiger charge is 1.99. The first-order valence-corrected chi connectivity index (χ1v) is 6.45. The second-order valence-electron chi connectivity index (χ2n) is 4.32. The molecule has 0 saturated heterocycles. The number of nitrogen functional groups attached to an aromatic ring is 1. The predicted molar refractivity (Wildman–Crippen MR) is 81.0 cm³/mol. The van der Waals surface area contributed by atoms with Crippen molar-refractivity contribution in [2.45, 2.75) is 6.42 Å². The standard InChI is InChI=1S/C15H18N4O/c16-15(17)13-3-5-14(6-4-13)20-12-2-10-19-9-1-7-18-8-11-19/h1,3-9,11H,2,10,12H2,(H3,16,17). The lowest BCUT2D eigenvalue weighted by atomic mass is 10.2. The third kappa shape index (κ3) is 4.28. The Kier molecular flexibility index (Phi) is 4.94. The summed E-state index contributed by atoms with van der Waals surface area (Å²) in [5.41, 5.74) is 6.10. The van der Waals surface area contributed by atoms with Crippen LogP contribution in [0.15, 0.2) is 53.9 Å². The molecule has 0 aliphatic carbocycles. The third-order valence-electron chi connectivity index (χ3n) is 2.79. The average molecular weight is 270 g/mol. The van der Waals surface area contributed by atoms with Gasteiger partial charge in [0.2, 0.25) is 0 Å². The number of nitrogens with one attached hydrogen (secondary N) is 1. The van der Waals surface area contributed by atoms with Crippen LogP contribution in [0.1, 0.15) is 12.0 Å². The van der Waals surface area contributed by atoms with E-state index in [1.165, 1.54) is 0 Å². The summed E-state index contributed by atoms with van der Waals surface area (Å²) in [5.74, 6) is 0.860. The van der Waals surface area contributed by atoms with E-state index in [4.69, 9.17) is 15.9 Å². The van der Waals surface area contributed by atoms with Gasteiger partial charge in [-0.1, -0.05) is 0 Å². The maximum Gasteiger partial charge on any atom is 0.122 e. The Hall–Kier alpha value is -2.56. The second kappa shape index (κ2) is 7.13. The highest BCUT2D eigenvalue weighted by atomic mass is 16.5. The van der Waals surface area contributed by atoms with Crippen molar-refractivity contribution in [2.75, 3.05) is 13.2 Å². The van der Waals surface area contributed by atoms with Crippen molar-refractivity contribution in [3.8, 4) is 5.75 Å². The number of aliphatic imine (C=N–C) groups is 1. The molecule has 0 bridgehead atoms. The lowest BCUT2D eigenvalue weighted by Gasteiger charge is -2.14. The van der Waals surface area contributed by atoms with Gasteiger partial charge in [0.25, 0.3) is 0 Å². The maximum absolute atomic E-state index is 7.31. The van der Waals surface area contributed by atoms with E-state index in [2.05, 4.69) is 9.89 Å². The summed E-state index contributed by atoms with van der Waals surface area (Å²) >= 11 is 0. The number of amidine groups is 1. The van der Waals surface area contributed by atoms with E-state index in [0.29, 0.717) is 12.2 Å². The minimum atomic E-state index is 0.0681. The van der Waals surface area contributed by atoms with E-state index in [-0.39, 0.29) is 5.84 Å². The van der Waals surface area contributed by atoms with Crippen molar-refractivity contribution >= 4 is 12.1 Å². The second-order valence-corrected chi connectivity index (χ2v) is 4.32. The summed E-state index contributed by atoms with van der Waals surface area (Å²) in [6.45, 7) is 1.51. The summed E-state index contributed by atoms with van der Waals surface area (Å²) in [6.07, 6.45) is 10.2. The average Bonchev–Trinajstić information content (AvgIpc) is 2.73. The number of nitrogens with two attached hydrogens (primary N) is 1. The quantitative estimate of drug-likeness (QED) is 0.472. The van der Waals surface area contributed by atoms with Gasteiger partial charge in [0.15, 0.2) is 0 Å². The van der Waals surface area contributed by atoms with Crippen LogP contribution in [-0.2, 0) is 0 Å². The molecule has 20 heavy (non-hydrogen) atoms. The molecule has 1 heterocycles. The number of rotatable bonds is 6. The van der Waals surface area contributed by atoms with Crippen molar-refractivity contribution in [1.29, 1.82) is 5.41 Å². The smallest absolute Gasteiger partial charge is 0.122 e. The Bertz CT molecular complexity index is 515. The highest BCUT2D eigenvalue weighted by molar-refractivity contribution is 5.94. The van der Waals surface area contributed by atoms with Crippen LogP contribution in [0.5, 0.6) is 5.75 Å². The molecule has 1 aliphatic rings. The third-order valence-corrected chi connectivity index (χ3v) is 2.79. The molecule has 0 fully saturated rings. The van der Waals surface area contributed by atoms with E-state index in [9.17, 15) is 0 Å². The Morgan fingerprint density at radius 3 is 2.80 bits per heavy atom. The molecule has 5 heteroatoms. The number of hydrogen-bond acceptors (Lipinski definition) is 4. The van der Waals surface area contributed by atoms with Gasteiger partial charge in [-0.05, 0) is 36.8 Å². The van der Waals surface area contributed by atoms with Crippen LogP contribution in [0.4, 0.5) is 0 Å². The Morgan fingerprint density at radius 2 is 2.05 bits per heavy atom. The lowest BCUT2D eigenvalue weighted by molar-refractivity contribution is 0.295. The molecule has 1 aromatic rings. The first-order chi connectivity index (χ1) is 9.75. The van der Waals surface area contributed by atoms with Gasteiger partial charge in [0.1, 0.15) is 11.6 Å². The van der Waals surface area contributed by atoms with Gasteiger partial charge in [-0.25, -0.2) is 0 Å². The Labute approximate surface area is 118 Å². The monoisotopic (exact) mass is 270 g/mol. The molecule has 0 radical (unpaired) electrons. The van der Waals surface area contributed by atoms with Crippen LogP contribution in [0, 0.1) is 5.41 Å². The molecule has 0 atom stereocenters. The van der Waals surface area contributed by atoms with Crippen LogP contribution in [0.2, 0.25) is 0 Å². The van der Waals surface area contributed by atoms with Crippen LogP contribution in [0.25, 0.3) is 0 Å². The zero-order valence-corrected chi connectivity index (χ0v) is 11.2. The topological polar surface area (TPSA) is 74.7 Å². The number of hydrogen-bond donors (Lipinski definition) is 2. The molecule has 2 rings (SSSR count). The van der Waals surface area contributed by atoms with Crippen LogP contribution < -0.4 is 10.5 Å². The molecule has 3 N–H and O–H groups in total. The van der Waals surface area contributed by atoms with Crippen molar-refractivity contribution in [3.63, 3.8) is 0 Å². The molecule has 104 valence electrons. The molecule has 1 aromatic carbocycles. The van der Waals surface area contributed by atoms with Gasteiger partial charge in [0, 0.05) is 36.9 Å². The highest BCUT2D eigenvalue weighted by Crippen LogP contribution is 2.12. The lowest BCUT2D eigenvalue weighted by Crippen LogP contribution is -2.14. The number of nitrogens with zero attached hydrogens (tertiary/aromatic N) is 2. The Morgan fingerprint density at radius 1 is 1.25 bits per heavy atom. The fourth-order valence-electron chi connectivity index (χ4n) is 1.74. The van der Waals surface area contributed by atoms with Gasteiger partial charge < -0.3 is 15.4 Å². The van der Waals surface area contributed by atoms with E-state index in [1.54, 1.807) is 24.5 Å². The van der Waals surface area contributed by atoms with Crippen LogP contribution in [-0.4, -0.2) is 30.1 Å². The molecular formula is C15H18N4O. The van der Waals surface area contributed by atoms with Crippen LogP contribution >= 0.6 is 0 Å². The first kappa shape index (κ1) is 13.9. The fourth-order valence-corrected chi connectivity index (χ4v) is 1.74. The number of benzene rings is 1. The molecule has 0 spiro atoms. The normalized spacial score (nSPS) is 13.3. The van der Waals surface area contributed by atoms with Gasteiger partial charge in [-0.15, -0.1) is 0 Å². The molecule has 0 unspecified atom stereocenters. The van der Waals surface area contributed by atoms with Crippen molar-refractivity contribution in [1.82, 2.24) is 4.90 Å². The first-order valence-electron chi connectivity index (χ1n) is 6.45. The van der Waals surface area contributed by atoms with E-state index in [1.807, 2.05) is 30.6 Å².